The predicted molar refractivity (Wildman–Crippen MR) is 120 cm³/mol. The molecule has 3 aromatic carbocycles. The molecule has 160 valence electrons. The highest BCUT2D eigenvalue weighted by molar-refractivity contribution is 6.10. The minimum Gasteiger partial charge on any atom is -0.497 e. The quantitative estimate of drug-likeness (QED) is 0.443. The van der Waals surface area contributed by atoms with Crippen LogP contribution in [0.4, 0.5) is 10.1 Å². The summed E-state index contributed by atoms with van der Waals surface area (Å²) in [4.78, 5) is 28.6. The third-order valence-electron chi connectivity index (χ3n) is 6.02. The van der Waals surface area contributed by atoms with Crippen LogP contribution in [0.5, 0.6) is 5.75 Å². The van der Waals surface area contributed by atoms with E-state index in [0.29, 0.717) is 22.4 Å². The molecule has 0 bridgehead atoms. The lowest BCUT2D eigenvalue weighted by atomic mass is 9.97. The average molecular weight is 429 g/mol. The molecule has 5 nitrogen and oxygen atoms in total. The lowest BCUT2D eigenvalue weighted by Gasteiger charge is -2.25. The molecule has 0 N–H and O–H groups in total. The van der Waals surface area contributed by atoms with Crippen LogP contribution in [-0.2, 0) is 0 Å². The van der Waals surface area contributed by atoms with Gasteiger partial charge in [-0.15, -0.1) is 0 Å². The van der Waals surface area contributed by atoms with Crippen molar-refractivity contribution < 1.29 is 18.3 Å². The zero-order valence-corrected chi connectivity index (χ0v) is 17.8. The normalized spacial score (nSPS) is 15.3. The molecule has 4 aromatic rings. The monoisotopic (exact) mass is 429 g/mol. The Labute approximate surface area is 183 Å². The van der Waals surface area contributed by atoms with Crippen molar-refractivity contribution in [2.75, 3.05) is 12.0 Å². The minimum absolute atomic E-state index is 0.0101. The maximum Gasteiger partial charge on any atom is 0.295 e. The van der Waals surface area contributed by atoms with Crippen LogP contribution in [0.25, 0.3) is 11.0 Å². The smallest absolute Gasteiger partial charge is 0.295 e. The molecule has 0 saturated carbocycles. The molecule has 0 aliphatic carbocycles. The highest BCUT2D eigenvalue weighted by Crippen LogP contribution is 2.41. The van der Waals surface area contributed by atoms with Gasteiger partial charge in [-0.2, -0.15) is 0 Å². The third-order valence-corrected chi connectivity index (χ3v) is 6.02. The van der Waals surface area contributed by atoms with Gasteiger partial charge in [0.15, 0.2) is 5.43 Å². The second kappa shape index (κ2) is 7.34. The van der Waals surface area contributed by atoms with E-state index in [-0.39, 0.29) is 16.8 Å². The van der Waals surface area contributed by atoms with Crippen molar-refractivity contribution in [3.05, 3.63) is 105 Å². The first kappa shape index (κ1) is 20.0. The molecule has 0 radical (unpaired) electrons. The Bertz CT molecular complexity index is 1420. The van der Waals surface area contributed by atoms with Gasteiger partial charge < -0.3 is 9.15 Å². The molecule has 1 amide bonds. The van der Waals surface area contributed by atoms with Crippen LogP contribution >= 0.6 is 0 Å². The topological polar surface area (TPSA) is 59.8 Å². The first-order valence-electron chi connectivity index (χ1n) is 10.2. The zero-order chi connectivity index (χ0) is 22.6. The molecule has 1 unspecified atom stereocenters. The number of carbonyl (C=O) groups excluding carboxylic acids is 1. The number of amides is 1. The van der Waals surface area contributed by atoms with E-state index in [2.05, 4.69) is 0 Å². The Balaban J connectivity index is 1.80. The van der Waals surface area contributed by atoms with Crippen molar-refractivity contribution >= 4 is 22.6 Å². The standard InChI is InChI=1S/C26H20FNO4/c1-14-12-20-21(13-15(14)2)32-25-22(24(20)29)23(16-4-10-19(31-3)11-5-16)28(26(25)30)18-8-6-17(27)7-9-18/h4-13,23H,1-3H3. The van der Waals surface area contributed by atoms with E-state index in [1.165, 1.54) is 29.2 Å². The van der Waals surface area contributed by atoms with E-state index in [1.807, 2.05) is 26.0 Å². The number of aryl methyl sites for hydroxylation is 2. The number of benzene rings is 3. The number of fused-ring (bicyclic) bond motifs is 2. The molecule has 2 heterocycles. The molecule has 0 saturated heterocycles. The van der Waals surface area contributed by atoms with Crippen LogP contribution in [0, 0.1) is 19.7 Å². The second-order valence-electron chi connectivity index (χ2n) is 7.93. The van der Waals surface area contributed by atoms with E-state index in [1.54, 1.807) is 31.4 Å². The van der Waals surface area contributed by atoms with Crippen LogP contribution < -0.4 is 15.1 Å². The summed E-state index contributed by atoms with van der Waals surface area (Å²) in [7, 11) is 1.57. The van der Waals surface area contributed by atoms with Crippen molar-refractivity contribution in [2.45, 2.75) is 19.9 Å². The Hall–Kier alpha value is -3.93. The number of carbonyl (C=O) groups is 1. The highest BCUT2D eigenvalue weighted by atomic mass is 19.1. The summed E-state index contributed by atoms with van der Waals surface area (Å²) in [5, 5.41) is 0.430. The Morgan fingerprint density at radius 1 is 0.938 bits per heavy atom. The Morgan fingerprint density at radius 2 is 1.59 bits per heavy atom. The van der Waals surface area contributed by atoms with Crippen molar-refractivity contribution in [3.8, 4) is 5.75 Å². The summed E-state index contributed by atoms with van der Waals surface area (Å²) < 4.78 is 24.8. The van der Waals surface area contributed by atoms with Gasteiger partial charge >= 0.3 is 0 Å². The molecular formula is C26H20FNO4. The Kier molecular flexibility index (Phi) is 4.59. The SMILES string of the molecule is COc1ccc(C2c3c(oc4cc(C)c(C)cc4c3=O)C(=O)N2c2ccc(F)cc2)cc1. The molecule has 1 atom stereocenters. The molecule has 1 aliphatic rings. The fraction of sp³-hybridized carbons (Fsp3) is 0.154. The van der Waals surface area contributed by atoms with Crippen LogP contribution in [0.1, 0.15) is 38.9 Å². The van der Waals surface area contributed by atoms with E-state index < -0.39 is 17.8 Å². The first-order valence-corrected chi connectivity index (χ1v) is 10.2. The lowest BCUT2D eigenvalue weighted by Crippen LogP contribution is -2.29. The number of hydrogen-bond donors (Lipinski definition) is 0. The van der Waals surface area contributed by atoms with Gasteiger partial charge in [0.25, 0.3) is 5.91 Å². The molecular weight excluding hydrogens is 409 g/mol. The number of ether oxygens (including phenoxy) is 1. The fourth-order valence-corrected chi connectivity index (χ4v) is 4.20. The van der Waals surface area contributed by atoms with Crippen LogP contribution in [0.3, 0.4) is 0 Å². The lowest BCUT2D eigenvalue weighted by molar-refractivity contribution is 0.0971. The number of methoxy groups -OCH3 is 1. The van der Waals surface area contributed by atoms with E-state index >= 15 is 0 Å². The van der Waals surface area contributed by atoms with Crippen molar-refractivity contribution in [2.24, 2.45) is 0 Å². The maximum absolute atomic E-state index is 13.6. The molecule has 6 heteroatoms. The van der Waals surface area contributed by atoms with Crippen molar-refractivity contribution in [1.29, 1.82) is 0 Å². The summed E-state index contributed by atoms with van der Waals surface area (Å²) in [6.07, 6.45) is 0. The van der Waals surface area contributed by atoms with Gasteiger partial charge in [0.05, 0.1) is 24.1 Å². The van der Waals surface area contributed by atoms with E-state index in [4.69, 9.17) is 9.15 Å². The zero-order valence-electron chi connectivity index (χ0n) is 17.8. The predicted octanol–water partition coefficient (Wildman–Crippen LogP) is 5.31. The van der Waals surface area contributed by atoms with Gasteiger partial charge in [-0.1, -0.05) is 12.1 Å². The van der Waals surface area contributed by atoms with Crippen molar-refractivity contribution in [1.82, 2.24) is 0 Å². The summed E-state index contributed by atoms with van der Waals surface area (Å²) in [5.74, 6) is -0.186. The molecule has 32 heavy (non-hydrogen) atoms. The van der Waals surface area contributed by atoms with Gasteiger partial charge in [0.1, 0.15) is 17.1 Å². The molecule has 0 fully saturated rings. The fourth-order valence-electron chi connectivity index (χ4n) is 4.20. The number of nitrogens with zero attached hydrogens (tertiary/aromatic N) is 1. The van der Waals surface area contributed by atoms with E-state index in [9.17, 15) is 14.0 Å². The Morgan fingerprint density at radius 3 is 2.25 bits per heavy atom. The van der Waals surface area contributed by atoms with Crippen LogP contribution in [-0.4, -0.2) is 13.0 Å². The van der Waals surface area contributed by atoms with Gasteiger partial charge in [-0.05, 0) is 79.1 Å². The average Bonchev–Trinajstić information content (AvgIpc) is 3.08. The van der Waals surface area contributed by atoms with Crippen LogP contribution in [0.2, 0.25) is 0 Å². The minimum atomic E-state index is -0.712. The van der Waals surface area contributed by atoms with Gasteiger partial charge in [-0.3, -0.25) is 14.5 Å². The van der Waals surface area contributed by atoms with Gasteiger partial charge in [-0.25, -0.2) is 4.39 Å². The number of anilines is 1. The maximum atomic E-state index is 13.6. The summed E-state index contributed by atoms with van der Waals surface area (Å²) in [6.45, 7) is 3.85. The van der Waals surface area contributed by atoms with Gasteiger partial charge in [0.2, 0.25) is 5.76 Å². The second-order valence-corrected chi connectivity index (χ2v) is 7.93. The molecule has 0 spiro atoms. The largest absolute Gasteiger partial charge is 0.497 e. The van der Waals surface area contributed by atoms with E-state index in [0.717, 1.165) is 16.7 Å². The highest BCUT2D eigenvalue weighted by Gasteiger charge is 2.43. The summed E-state index contributed by atoms with van der Waals surface area (Å²) >= 11 is 0. The first-order chi connectivity index (χ1) is 15.4. The van der Waals surface area contributed by atoms with Crippen molar-refractivity contribution in [3.63, 3.8) is 0 Å². The third kappa shape index (κ3) is 2.99. The number of halogens is 1. The van der Waals surface area contributed by atoms with Gasteiger partial charge in [0, 0.05) is 5.69 Å². The molecule has 5 rings (SSSR count). The molecule has 1 aromatic heterocycles. The van der Waals surface area contributed by atoms with Crippen LogP contribution in [0.15, 0.2) is 69.9 Å². The summed E-state index contributed by atoms with van der Waals surface area (Å²) in [6, 6.07) is 15.7. The summed E-state index contributed by atoms with van der Waals surface area (Å²) in [5.41, 5.74) is 3.53. The number of rotatable bonds is 3. The number of hydrogen-bond acceptors (Lipinski definition) is 4. The molecule has 1 aliphatic heterocycles.